The summed E-state index contributed by atoms with van der Waals surface area (Å²) in [7, 11) is 0. The van der Waals surface area contributed by atoms with Gasteiger partial charge in [-0.1, -0.05) is 0 Å². The number of ether oxygens (including phenoxy) is 1. The number of esters is 1. The SMILES string of the molecule is CC(=O)NC12CCC(C(=O)OC(C)(C)C)(C[C@H]1O)C[C@@H]2O. The molecular formula is C15H25NO5. The Morgan fingerprint density at radius 3 is 2.05 bits per heavy atom. The van der Waals surface area contributed by atoms with E-state index in [4.69, 9.17) is 4.74 Å². The number of carbonyl (C=O) groups excluding carboxylic acids is 2. The van der Waals surface area contributed by atoms with Gasteiger partial charge in [-0.15, -0.1) is 0 Å². The maximum absolute atomic E-state index is 12.5. The van der Waals surface area contributed by atoms with Crippen LogP contribution in [0.2, 0.25) is 0 Å². The van der Waals surface area contributed by atoms with Crippen LogP contribution in [-0.4, -0.2) is 45.4 Å². The zero-order valence-electron chi connectivity index (χ0n) is 13.1. The van der Waals surface area contributed by atoms with Crippen LogP contribution in [0.5, 0.6) is 0 Å². The van der Waals surface area contributed by atoms with Gasteiger partial charge in [-0.05, 0) is 46.5 Å². The Balaban J connectivity index is 2.22. The van der Waals surface area contributed by atoms with Crippen LogP contribution in [0.15, 0.2) is 0 Å². The fraction of sp³-hybridized carbons (Fsp3) is 0.867. The Bertz CT molecular complexity index is 441. The third-order valence-electron chi connectivity index (χ3n) is 4.62. The van der Waals surface area contributed by atoms with Crippen LogP contribution in [0.25, 0.3) is 0 Å². The van der Waals surface area contributed by atoms with E-state index in [0.717, 1.165) is 0 Å². The van der Waals surface area contributed by atoms with Crippen molar-refractivity contribution in [3.63, 3.8) is 0 Å². The first-order chi connectivity index (χ1) is 9.51. The number of hydrogen-bond acceptors (Lipinski definition) is 5. The Hall–Kier alpha value is -1.14. The van der Waals surface area contributed by atoms with Crippen molar-refractivity contribution in [2.75, 3.05) is 0 Å². The van der Waals surface area contributed by atoms with Gasteiger partial charge in [0, 0.05) is 6.92 Å². The summed E-state index contributed by atoms with van der Waals surface area (Å²) < 4.78 is 5.46. The van der Waals surface area contributed by atoms with Crippen molar-refractivity contribution in [3.8, 4) is 0 Å². The molecule has 2 bridgehead atoms. The van der Waals surface area contributed by atoms with E-state index in [1.165, 1.54) is 6.92 Å². The van der Waals surface area contributed by atoms with Crippen LogP contribution in [0.4, 0.5) is 0 Å². The van der Waals surface area contributed by atoms with Crippen LogP contribution in [0.1, 0.15) is 53.4 Å². The van der Waals surface area contributed by atoms with Gasteiger partial charge in [0.2, 0.25) is 5.91 Å². The molecule has 0 spiro atoms. The number of fused-ring (bicyclic) bond motifs is 3. The van der Waals surface area contributed by atoms with Gasteiger partial charge in [0.05, 0.1) is 23.2 Å². The van der Waals surface area contributed by atoms with Crippen molar-refractivity contribution in [2.45, 2.75) is 76.7 Å². The topological polar surface area (TPSA) is 95.9 Å². The predicted octanol–water partition coefficient (Wildman–Crippen LogP) is 0.499. The van der Waals surface area contributed by atoms with Crippen molar-refractivity contribution < 1.29 is 24.5 Å². The van der Waals surface area contributed by atoms with Crippen LogP contribution < -0.4 is 5.32 Å². The zero-order chi connectivity index (χ0) is 16.1. The second kappa shape index (κ2) is 4.95. The van der Waals surface area contributed by atoms with E-state index in [-0.39, 0.29) is 24.7 Å². The number of aliphatic hydroxyl groups is 2. The minimum absolute atomic E-state index is 0.208. The molecule has 0 aromatic carbocycles. The first-order valence-electron chi connectivity index (χ1n) is 7.39. The van der Waals surface area contributed by atoms with E-state index in [1.807, 2.05) is 0 Å². The Morgan fingerprint density at radius 2 is 1.67 bits per heavy atom. The molecule has 3 saturated carbocycles. The molecule has 0 aromatic heterocycles. The average Bonchev–Trinajstić information content (AvgIpc) is 2.28. The number of rotatable bonds is 2. The summed E-state index contributed by atoms with van der Waals surface area (Å²) in [5.41, 5.74) is -2.49. The zero-order valence-corrected chi connectivity index (χ0v) is 13.1. The average molecular weight is 299 g/mol. The first-order valence-corrected chi connectivity index (χ1v) is 7.39. The molecule has 4 atom stereocenters. The number of carbonyl (C=O) groups is 2. The van der Waals surface area contributed by atoms with Gasteiger partial charge in [0.15, 0.2) is 0 Å². The summed E-state index contributed by atoms with van der Waals surface area (Å²) in [4.78, 5) is 23.8. The third-order valence-corrected chi connectivity index (χ3v) is 4.62. The van der Waals surface area contributed by atoms with Crippen molar-refractivity contribution in [2.24, 2.45) is 5.41 Å². The van der Waals surface area contributed by atoms with E-state index < -0.39 is 28.8 Å². The van der Waals surface area contributed by atoms with Gasteiger partial charge >= 0.3 is 5.97 Å². The van der Waals surface area contributed by atoms with Gasteiger partial charge in [-0.25, -0.2) is 0 Å². The summed E-state index contributed by atoms with van der Waals surface area (Å²) in [5.74, 6) is -0.663. The van der Waals surface area contributed by atoms with Gasteiger partial charge in [-0.2, -0.15) is 0 Å². The molecule has 6 heteroatoms. The maximum atomic E-state index is 12.5. The van der Waals surface area contributed by atoms with E-state index in [2.05, 4.69) is 5.32 Å². The lowest BCUT2D eigenvalue weighted by molar-refractivity contribution is -0.198. The molecule has 3 aliphatic rings. The van der Waals surface area contributed by atoms with Gasteiger partial charge < -0.3 is 20.3 Å². The smallest absolute Gasteiger partial charge is 0.312 e. The summed E-state index contributed by atoms with van der Waals surface area (Å²) in [6.45, 7) is 6.74. The highest BCUT2D eigenvalue weighted by molar-refractivity contribution is 5.79. The predicted molar refractivity (Wildman–Crippen MR) is 75.3 cm³/mol. The lowest BCUT2D eigenvalue weighted by Gasteiger charge is -2.57. The van der Waals surface area contributed by atoms with Crippen LogP contribution in [-0.2, 0) is 14.3 Å². The molecule has 21 heavy (non-hydrogen) atoms. The molecule has 3 aliphatic carbocycles. The molecule has 0 aromatic rings. The highest BCUT2D eigenvalue weighted by Crippen LogP contribution is 2.53. The van der Waals surface area contributed by atoms with Gasteiger partial charge in [0.25, 0.3) is 0 Å². The van der Waals surface area contributed by atoms with E-state index >= 15 is 0 Å². The molecule has 3 N–H and O–H groups in total. The summed E-state index contributed by atoms with van der Waals surface area (Å²) in [5, 5.41) is 23.5. The summed E-state index contributed by atoms with van der Waals surface area (Å²) in [6.07, 6.45) is -0.624. The molecule has 0 aliphatic heterocycles. The summed E-state index contributed by atoms with van der Waals surface area (Å²) in [6, 6.07) is 0. The van der Waals surface area contributed by atoms with Gasteiger partial charge in [-0.3, -0.25) is 9.59 Å². The molecule has 3 rings (SSSR count). The number of aliphatic hydroxyl groups excluding tert-OH is 2. The number of amides is 1. The largest absolute Gasteiger partial charge is 0.460 e. The lowest BCUT2D eigenvalue weighted by Crippen LogP contribution is -2.72. The van der Waals surface area contributed by atoms with Crippen molar-refractivity contribution in [1.82, 2.24) is 5.32 Å². The van der Waals surface area contributed by atoms with Crippen molar-refractivity contribution in [1.29, 1.82) is 0 Å². The van der Waals surface area contributed by atoms with E-state index in [0.29, 0.717) is 12.8 Å². The normalized spacial score (nSPS) is 39.0. The van der Waals surface area contributed by atoms with Crippen LogP contribution in [0, 0.1) is 5.41 Å². The standard InChI is InChI=1S/C15H25NO5/c1-9(17)16-15-6-5-14(7-10(15)18,8-11(15)19)12(20)21-13(2,3)4/h10-11,18-19H,5-8H2,1-4H3,(H,16,17)/t10-,11+,14?,15?. The molecule has 0 radical (unpaired) electrons. The third kappa shape index (κ3) is 2.79. The Morgan fingerprint density at radius 1 is 1.14 bits per heavy atom. The van der Waals surface area contributed by atoms with E-state index in [9.17, 15) is 19.8 Å². The van der Waals surface area contributed by atoms with Crippen LogP contribution in [0.3, 0.4) is 0 Å². The minimum Gasteiger partial charge on any atom is -0.460 e. The Kier molecular flexibility index (Phi) is 3.83. The molecule has 2 unspecified atom stereocenters. The number of hydrogen-bond donors (Lipinski definition) is 3. The highest BCUT2D eigenvalue weighted by Gasteiger charge is 2.63. The van der Waals surface area contributed by atoms with Crippen molar-refractivity contribution in [3.05, 3.63) is 0 Å². The fourth-order valence-electron chi connectivity index (χ4n) is 3.61. The molecule has 3 fully saturated rings. The summed E-state index contributed by atoms with van der Waals surface area (Å²) >= 11 is 0. The second-order valence-electron chi connectivity index (χ2n) is 7.44. The maximum Gasteiger partial charge on any atom is 0.312 e. The highest BCUT2D eigenvalue weighted by atomic mass is 16.6. The minimum atomic E-state index is -1.03. The first kappa shape index (κ1) is 16.2. The molecular weight excluding hydrogens is 274 g/mol. The number of nitrogens with one attached hydrogen (secondary N) is 1. The second-order valence-corrected chi connectivity index (χ2v) is 7.44. The fourth-order valence-corrected chi connectivity index (χ4v) is 3.61. The lowest BCUT2D eigenvalue weighted by atomic mass is 9.54. The van der Waals surface area contributed by atoms with E-state index in [1.54, 1.807) is 20.8 Å². The quantitative estimate of drug-likeness (QED) is 0.645. The molecule has 6 nitrogen and oxygen atoms in total. The monoisotopic (exact) mass is 299 g/mol. The molecule has 0 saturated heterocycles. The Labute approximate surface area is 124 Å². The molecule has 1 amide bonds. The van der Waals surface area contributed by atoms with Gasteiger partial charge in [0.1, 0.15) is 5.60 Å². The van der Waals surface area contributed by atoms with Crippen LogP contribution >= 0.6 is 0 Å². The molecule has 0 heterocycles. The molecule has 120 valence electrons. The van der Waals surface area contributed by atoms with Crippen molar-refractivity contribution >= 4 is 11.9 Å².